The number of aromatic nitrogens is 1. The van der Waals surface area contributed by atoms with Crippen molar-refractivity contribution in [1.82, 2.24) is 15.6 Å². The summed E-state index contributed by atoms with van der Waals surface area (Å²) < 4.78 is 47.6. The Morgan fingerprint density at radius 2 is 1.97 bits per heavy atom. The summed E-state index contributed by atoms with van der Waals surface area (Å²) in [7, 11) is 1.55. The minimum absolute atomic E-state index is 0.161. The van der Waals surface area contributed by atoms with Gasteiger partial charge in [-0.15, -0.1) is 0 Å². The van der Waals surface area contributed by atoms with Crippen LogP contribution in [0.1, 0.15) is 23.7 Å². The first-order valence-electron chi connectivity index (χ1n) is 9.12. The lowest BCUT2D eigenvalue weighted by Crippen LogP contribution is -2.37. The van der Waals surface area contributed by atoms with Gasteiger partial charge < -0.3 is 20.1 Å². The molecule has 6 nitrogen and oxygen atoms in total. The van der Waals surface area contributed by atoms with Gasteiger partial charge in [-0.3, -0.25) is 0 Å². The highest BCUT2D eigenvalue weighted by Crippen LogP contribution is 2.24. The number of pyridine rings is 1. The Morgan fingerprint density at radius 3 is 2.66 bits per heavy atom. The van der Waals surface area contributed by atoms with Crippen LogP contribution in [0.4, 0.5) is 13.2 Å². The lowest BCUT2D eigenvalue weighted by atomic mass is 10.1. The summed E-state index contributed by atoms with van der Waals surface area (Å²) >= 11 is 0. The van der Waals surface area contributed by atoms with Crippen molar-refractivity contribution in [2.75, 3.05) is 20.3 Å². The van der Waals surface area contributed by atoms with Crippen LogP contribution in [-0.4, -0.2) is 37.4 Å². The van der Waals surface area contributed by atoms with Gasteiger partial charge in [-0.1, -0.05) is 18.2 Å². The fourth-order valence-corrected chi connectivity index (χ4v) is 2.44. The Hall–Kier alpha value is -2.97. The van der Waals surface area contributed by atoms with Gasteiger partial charge in [0.15, 0.2) is 12.6 Å². The second-order valence-electron chi connectivity index (χ2n) is 6.24. The van der Waals surface area contributed by atoms with Crippen LogP contribution in [-0.2, 0) is 13.1 Å². The number of benzene rings is 1. The highest BCUT2D eigenvalue weighted by Gasteiger charge is 2.28. The number of aryl methyl sites for hydroxylation is 1. The van der Waals surface area contributed by atoms with Crippen molar-refractivity contribution in [3.05, 3.63) is 53.2 Å². The molecule has 0 saturated heterocycles. The molecule has 0 atom stereocenters. The highest BCUT2D eigenvalue weighted by atomic mass is 19.4. The quantitative estimate of drug-likeness (QED) is 0.514. The second-order valence-corrected chi connectivity index (χ2v) is 6.24. The number of ether oxygens (including phenoxy) is 2. The van der Waals surface area contributed by atoms with Crippen molar-refractivity contribution in [2.24, 2.45) is 4.99 Å². The number of methoxy groups -OCH3 is 1. The average molecular weight is 410 g/mol. The first-order valence-corrected chi connectivity index (χ1v) is 9.12. The minimum Gasteiger partial charge on any atom is -0.484 e. The van der Waals surface area contributed by atoms with Gasteiger partial charge in [0.05, 0.1) is 25.9 Å². The molecule has 0 saturated carbocycles. The van der Waals surface area contributed by atoms with E-state index < -0.39 is 12.8 Å². The smallest absolute Gasteiger partial charge is 0.422 e. The predicted molar refractivity (Wildman–Crippen MR) is 105 cm³/mol. The molecule has 1 heterocycles. The Bertz CT molecular complexity index is 826. The molecule has 2 N–H and O–H groups in total. The summed E-state index contributed by atoms with van der Waals surface area (Å²) in [5.74, 6) is 1.20. The van der Waals surface area contributed by atoms with Crippen molar-refractivity contribution in [2.45, 2.75) is 33.1 Å². The zero-order valence-corrected chi connectivity index (χ0v) is 16.6. The van der Waals surface area contributed by atoms with E-state index in [1.807, 2.05) is 25.1 Å². The van der Waals surface area contributed by atoms with Crippen LogP contribution in [0.15, 0.2) is 41.4 Å². The maximum absolute atomic E-state index is 12.5. The average Bonchev–Trinajstić information content (AvgIpc) is 2.69. The van der Waals surface area contributed by atoms with Gasteiger partial charge in [0.25, 0.3) is 0 Å². The third-order valence-electron chi connectivity index (χ3n) is 3.79. The largest absolute Gasteiger partial charge is 0.484 e. The molecule has 0 aliphatic heterocycles. The number of aliphatic imine (C=N–C) groups is 1. The maximum Gasteiger partial charge on any atom is 0.422 e. The molecule has 9 heteroatoms. The third-order valence-corrected chi connectivity index (χ3v) is 3.79. The highest BCUT2D eigenvalue weighted by molar-refractivity contribution is 5.79. The predicted octanol–water partition coefficient (Wildman–Crippen LogP) is 3.60. The summed E-state index contributed by atoms with van der Waals surface area (Å²) in [5.41, 5.74) is 2.14. The Labute approximate surface area is 168 Å². The molecular formula is C20H25F3N4O2. The van der Waals surface area contributed by atoms with Crippen molar-refractivity contribution >= 4 is 5.96 Å². The lowest BCUT2D eigenvalue weighted by molar-refractivity contribution is -0.153. The van der Waals surface area contributed by atoms with E-state index in [2.05, 4.69) is 20.6 Å². The molecule has 0 bridgehead atoms. The van der Waals surface area contributed by atoms with Crippen LogP contribution >= 0.6 is 0 Å². The van der Waals surface area contributed by atoms with Gasteiger partial charge in [-0.25, -0.2) is 9.98 Å². The number of alkyl halides is 3. The lowest BCUT2D eigenvalue weighted by Gasteiger charge is -2.14. The zero-order chi connectivity index (χ0) is 21.3. The van der Waals surface area contributed by atoms with E-state index in [-0.39, 0.29) is 12.3 Å². The molecule has 0 aliphatic rings. The molecule has 1 aromatic heterocycles. The van der Waals surface area contributed by atoms with E-state index in [0.717, 1.165) is 11.3 Å². The van der Waals surface area contributed by atoms with E-state index in [1.165, 1.54) is 0 Å². The van der Waals surface area contributed by atoms with E-state index in [4.69, 9.17) is 9.47 Å². The molecule has 0 spiro atoms. The molecule has 1 aromatic carbocycles. The number of hydrogen-bond donors (Lipinski definition) is 2. The number of nitrogens with one attached hydrogen (secondary N) is 2. The number of guanidine groups is 1. The fourth-order valence-electron chi connectivity index (χ4n) is 2.44. The van der Waals surface area contributed by atoms with Gasteiger partial charge in [0.1, 0.15) is 5.75 Å². The Kier molecular flexibility index (Phi) is 8.11. The number of halogens is 3. The van der Waals surface area contributed by atoms with Crippen molar-refractivity contribution in [1.29, 1.82) is 0 Å². The zero-order valence-electron chi connectivity index (χ0n) is 16.6. The molecule has 29 heavy (non-hydrogen) atoms. The summed E-state index contributed by atoms with van der Waals surface area (Å²) in [6.45, 7) is 3.57. The van der Waals surface area contributed by atoms with Crippen molar-refractivity contribution in [3.8, 4) is 11.6 Å². The van der Waals surface area contributed by atoms with Gasteiger partial charge in [0.2, 0.25) is 5.88 Å². The molecule has 2 aromatic rings. The molecule has 0 fully saturated rings. The van der Waals surface area contributed by atoms with Gasteiger partial charge >= 0.3 is 6.18 Å². The first kappa shape index (κ1) is 22.3. The normalized spacial score (nSPS) is 11.9. The summed E-state index contributed by atoms with van der Waals surface area (Å²) in [4.78, 5) is 8.77. The van der Waals surface area contributed by atoms with Crippen LogP contribution in [0.2, 0.25) is 0 Å². The molecular weight excluding hydrogens is 385 g/mol. The molecule has 0 radical (unpaired) electrons. The standard InChI is InChI=1S/C20H25F3N4O2/c1-4-24-19(26-12-16-6-5-7-18(27-16)28-3)25-11-15-9-8-14(2)10-17(15)29-13-20(21,22)23/h5-10H,4,11-13H2,1-3H3,(H2,24,25,26). The molecule has 2 rings (SSSR count). The van der Waals surface area contributed by atoms with Crippen molar-refractivity contribution in [3.63, 3.8) is 0 Å². The monoisotopic (exact) mass is 410 g/mol. The summed E-state index contributed by atoms with van der Waals surface area (Å²) in [6.07, 6.45) is -4.40. The third kappa shape index (κ3) is 7.89. The molecule has 0 unspecified atom stereocenters. The molecule has 0 aliphatic carbocycles. The Morgan fingerprint density at radius 1 is 1.17 bits per heavy atom. The molecule has 158 valence electrons. The fraction of sp³-hybridized carbons (Fsp3) is 0.400. The maximum atomic E-state index is 12.5. The Balaban J connectivity index is 2.08. The number of nitrogens with zero attached hydrogens (tertiary/aromatic N) is 2. The number of rotatable bonds is 8. The summed E-state index contributed by atoms with van der Waals surface area (Å²) in [6, 6.07) is 10.6. The molecule has 0 amide bonds. The minimum atomic E-state index is -4.40. The van der Waals surface area contributed by atoms with Crippen LogP contribution in [0.3, 0.4) is 0 Å². The van der Waals surface area contributed by atoms with E-state index >= 15 is 0 Å². The van der Waals surface area contributed by atoms with E-state index in [0.29, 0.717) is 30.5 Å². The second kappa shape index (κ2) is 10.5. The van der Waals surface area contributed by atoms with Gasteiger partial charge in [-0.2, -0.15) is 13.2 Å². The summed E-state index contributed by atoms with van der Waals surface area (Å²) in [5, 5.41) is 6.24. The number of hydrogen-bond acceptors (Lipinski definition) is 4. The first-order chi connectivity index (χ1) is 13.8. The van der Waals surface area contributed by atoms with Crippen LogP contribution in [0.25, 0.3) is 0 Å². The van der Waals surface area contributed by atoms with Gasteiger partial charge in [0, 0.05) is 18.2 Å². The SMILES string of the molecule is CCNC(=NCc1ccc(C)cc1OCC(F)(F)F)NCc1cccc(OC)n1. The van der Waals surface area contributed by atoms with Crippen molar-refractivity contribution < 1.29 is 22.6 Å². The van der Waals surface area contributed by atoms with Crippen LogP contribution < -0.4 is 20.1 Å². The van der Waals surface area contributed by atoms with Crippen LogP contribution in [0, 0.1) is 6.92 Å². The van der Waals surface area contributed by atoms with Gasteiger partial charge in [-0.05, 0) is 31.5 Å². The van der Waals surface area contributed by atoms with E-state index in [1.54, 1.807) is 32.2 Å². The van der Waals surface area contributed by atoms with E-state index in [9.17, 15) is 13.2 Å². The van der Waals surface area contributed by atoms with Crippen LogP contribution in [0.5, 0.6) is 11.6 Å². The topological polar surface area (TPSA) is 67.8 Å².